The molecule has 0 aromatic heterocycles. The highest BCUT2D eigenvalue weighted by molar-refractivity contribution is 9.10. The van der Waals surface area contributed by atoms with Gasteiger partial charge in [-0.05, 0) is 22.9 Å². The number of piperazine rings is 1. The van der Waals surface area contributed by atoms with Gasteiger partial charge >= 0.3 is 12.1 Å². The van der Waals surface area contributed by atoms with Crippen molar-refractivity contribution in [1.82, 2.24) is 9.80 Å². The molecule has 0 saturated carbocycles. The highest BCUT2D eigenvalue weighted by Crippen LogP contribution is 2.38. The molecular weight excluding hydrogens is 394 g/mol. The van der Waals surface area contributed by atoms with Gasteiger partial charge in [-0.15, -0.1) is 0 Å². The topological polar surface area (TPSA) is 80.3 Å². The number of hydrogen-bond acceptors (Lipinski definition) is 5. The number of carbonyl (C=O) groups excluding carboxylic acids is 2. The van der Waals surface area contributed by atoms with E-state index in [0.29, 0.717) is 63.2 Å². The largest absolute Gasteiger partial charge is 0.486 e. The van der Waals surface area contributed by atoms with E-state index >= 15 is 0 Å². The fourth-order valence-corrected chi connectivity index (χ4v) is 3.08. The second-order valence-corrected chi connectivity index (χ2v) is 6.43. The average Bonchev–Trinajstić information content (AvgIpc) is 2.62. The molecule has 1 N–H and O–H groups in total. The maximum absolute atomic E-state index is 12.5. The van der Waals surface area contributed by atoms with Crippen LogP contribution in [0.5, 0.6) is 11.5 Å². The summed E-state index contributed by atoms with van der Waals surface area (Å²) in [7, 11) is 0. The molecule has 2 heterocycles. The quantitative estimate of drug-likeness (QED) is 0.805. The minimum atomic E-state index is -0.336. The molecule has 0 aliphatic carbocycles. The van der Waals surface area contributed by atoms with Gasteiger partial charge in [0.25, 0.3) is 0 Å². The molecule has 0 radical (unpaired) electrons. The highest BCUT2D eigenvalue weighted by Gasteiger charge is 2.25. The molecule has 25 heavy (non-hydrogen) atoms. The van der Waals surface area contributed by atoms with Crippen molar-refractivity contribution in [1.29, 1.82) is 0 Å². The summed E-state index contributed by atoms with van der Waals surface area (Å²) in [5.41, 5.74) is 0.613. The summed E-state index contributed by atoms with van der Waals surface area (Å²) in [6.45, 7) is 4.92. The predicted octanol–water partition coefficient (Wildman–Crippen LogP) is 2.53. The summed E-state index contributed by atoms with van der Waals surface area (Å²) < 4.78 is 16.7. The minimum absolute atomic E-state index is 0.221. The number of nitrogens with zero attached hydrogens (tertiary/aromatic N) is 2. The van der Waals surface area contributed by atoms with E-state index in [1.807, 2.05) is 0 Å². The van der Waals surface area contributed by atoms with Crippen LogP contribution < -0.4 is 14.8 Å². The van der Waals surface area contributed by atoms with Gasteiger partial charge in [0.05, 0.1) is 12.3 Å². The zero-order valence-electron chi connectivity index (χ0n) is 13.9. The number of hydrogen-bond donors (Lipinski definition) is 1. The van der Waals surface area contributed by atoms with E-state index in [9.17, 15) is 9.59 Å². The Morgan fingerprint density at radius 1 is 1.12 bits per heavy atom. The SMILES string of the molecule is CCOC(=O)N1CCN(C(=O)Nc2cc3c(cc2Br)OCCO3)CC1. The molecule has 0 unspecified atom stereocenters. The van der Waals surface area contributed by atoms with Crippen molar-refractivity contribution in [3.8, 4) is 11.5 Å². The standard InChI is InChI=1S/C16H20BrN3O5/c1-2-23-16(22)20-5-3-19(4-6-20)15(21)18-12-10-14-13(9-11(12)17)24-7-8-25-14/h9-10H,2-8H2,1H3,(H,18,21). The number of carbonyl (C=O) groups is 2. The van der Waals surface area contributed by atoms with Crippen molar-refractivity contribution in [2.75, 3.05) is 51.3 Å². The Hall–Kier alpha value is -2.16. The summed E-state index contributed by atoms with van der Waals surface area (Å²) >= 11 is 3.44. The molecule has 0 bridgehead atoms. The number of anilines is 1. The lowest BCUT2D eigenvalue weighted by Crippen LogP contribution is -2.51. The second kappa shape index (κ2) is 7.81. The van der Waals surface area contributed by atoms with Crippen LogP contribution in [0.15, 0.2) is 16.6 Å². The maximum atomic E-state index is 12.5. The van der Waals surface area contributed by atoms with Gasteiger partial charge < -0.3 is 29.3 Å². The van der Waals surface area contributed by atoms with Crippen LogP contribution >= 0.6 is 15.9 Å². The van der Waals surface area contributed by atoms with Crippen LogP contribution in [0.1, 0.15) is 6.92 Å². The first-order valence-corrected chi connectivity index (χ1v) is 8.94. The van der Waals surface area contributed by atoms with E-state index in [1.165, 1.54) is 0 Å². The fourth-order valence-electron chi connectivity index (χ4n) is 2.66. The normalized spacial score (nSPS) is 16.4. The van der Waals surface area contributed by atoms with Crippen LogP contribution in [0.4, 0.5) is 15.3 Å². The number of nitrogens with one attached hydrogen (secondary N) is 1. The molecular formula is C16H20BrN3O5. The van der Waals surface area contributed by atoms with Crippen LogP contribution in [-0.2, 0) is 4.74 Å². The molecule has 1 fully saturated rings. The first-order chi connectivity index (χ1) is 12.1. The molecule has 136 valence electrons. The Balaban J connectivity index is 1.59. The Labute approximate surface area is 154 Å². The lowest BCUT2D eigenvalue weighted by molar-refractivity contribution is 0.0868. The summed E-state index contributed by atoms with van der Waals surface area (Å²) in [5.74, 6) is 1.26. The van der Waals surface area contributed by atoms with Gasteiger partial charge in [0.2, 0.25) is 0 Å². The molecule has 8 nitrogen and oxygen atoms in total. The number of fused-ring (bicyclic) bond motifs is 1. The lowest BCUT2D eigenvalue weighted by atomic mass is 10.2. The Morgan fingerprint density at radius 3 is 2.36 bits per heavy atom. The Morgan fingerprint density at radius 2 is 1.72 bits per heavy atom. The second-order valence-electron chi connectivity index (χ2n) is 5.58. The van der Waals surface area contributed by atoms with Crippen LogP contribution in [-0.4, -0.2) is 67.9 Å². The van der Waals surface area contributed by atoms with Gasteiger partial charge in [0.1, 0.15) is 13.2 Å². The van der Waals surface area contributed by atoms with Crippen LogP contribution in [0.3, 0.4) is 0 Å². The first kappa shape index (κ1) is 17.7. The molecule has 0 spiro atoms. The van der Waals surface area contributed by atoms with Gasteiger partial charge in [-0.3, -0.25) is 0 Å². The molecule has 3 amide bonds. The van der Waals surface area contributed by atoms with Crippen molar-refractivity contribution in [2.45, 2.75) is 6.92 Å². The van der Waals surface area contributed by atoms with Crippen LogP contribution in [0.2, 0.25) is 0 Å². The molecule has 2 aliphatic heterocycles. The molecule has 1 aromatic rings. The van der Waals surface area contributed by atoms with Gasteiger partial charge in [-0.1, -0.05) is 0 Å². The van der Waals surface area contributed by atoms with E-state index in [-0.39, 0.29) is 12.1 Å². The van der Waals surface area contributed by atoms with E-state index in [1.54, 1.807) is 28.9 Å². The Bertz CT molecular complexity index is 661. The van der Waals surface area contributed by atoms with Crippen LogP contribution in [0.25, 0.3) is 0 Å². The molecule has 9 heteroatoms. The number of amides is 3. The maximum Gasteiger partial charge on any atom is 0.409 e. The van der Waals surface area contributed by atoms with E-state index < -0.39 is 0 Å². The van der Waals surface area contributed by atoms with Crippen molar-refractivity contribution < 1.29 is 23.8 Å². The third-order valence-electron chi connectivity index (χ3n) is 3.97. The van der Waals surface area contributed by atoms with Crippen molar-refractivity contribution in [3.63, 3.8) is 0 Å². The van der Waals surface area contributed by atoms with Crippen molar-refractivity contribution in [2.24, 2.45) is 0 Å². The first-order valence-electron chi connectivity index (χ1n) is 8.15. The predicted molar refractivity (Wildman–Crippen MR) is 94.3 cm³/mol. The van der Waals surface area contributed by atoms with Gasteiger partial charge in [0.15, 0.2) is 11.5 Å². The summed E-state index contributed by atoms with van der Waals surface area (Å²) in [6.07, 6.45) is -0.336. The van der Waals surface area contributed by atoms with E-state index in [2.05, 4.69) is 21.2 Å². The summed E-state index contributed by atoms with van der Waals surface area (Å²) in [4.78, 5) is 27.4. The van der Waals surface area contributed by atoms with E-state index in [0.717, 1.165) is 4.47 Å². The molecule has 2 aliphatic rings. The average molecular weight is 414 g/mol. The number of benzene rings is 1. The van der Waals surface area contributed by atoms with E-state index in [4.69, 9.17) is 14.2 Å². The zero-order valence-corrected chi connectivity index (χ0v) is 15.5. The minimum Gasteiger partial charge on any atom is -0.486 e. The molecule has 1 aromatic carbocycles. The smallest absolute Gasteiger partial charge is 0.409 e. The lowest BCUT2D eigenvalue weighted by Gasteiger charge is -2.34. The van der Waals surface area contributed by atoms with Gasteiger partial charge in [-0.25, -0.2) is 9.59 Å². The Kier molecular flexibility index (Phi) is 5.52. The third kappa shape index (κ3) is 4.09. The molecule has 3 rings (SSSR count). The number of rotatable bonds is 2. The number of urea groups is 1. The molecule has 0 atom stereocenters. The summed E-state index contributed by atoms with van der Waals surface area (Å²) in [6, 6.07) is 3.30. The van der Waals surface area contributed by atoms with Gasteiger partial charge in [0, 0.05) is 42.8 Å². The fraction of sp³-hybridized carbons (Fsp3) is 0.500. The highest BCUT2D eigenvalue weighted by atomic mass is 79.9. The molecule has 1 saturated heterocycles. The monoisotopic (exact) mass is 413 g/mol. The third-order valence-corrected chi connectivity index (χ3v) is 4.62. The summed E-state index contributed by atoms with van der Waals surface area (Å²) in [5, 5.41) is 2.87. The van der Waals surface area contributed by atoms with Gasteiger partial charge in [-0.2, -0.15) is 0 Å². The number of ether oxygens (including phenoxy) is 3. The van der Waals surface area contributed by atoms with Crippen molar-refractivity contribution in [3.05, 3.63) is 16.6 Å². The number of halogens is 1. The van der Waals surface area contributed by atoms with Crippen LogP contribution in [0, 0.1) is 0 Å². The zero-order chi connectivity index (χ0) is 17.8. The van der Waals surface area contributed by atoms with Crippen molar-refractivity contribution >= 4 is 33.7 Å².